The molecule has 8 heterocycles. The molecule has 8 aromatic rings. The largest absolute Gasteiger partial charge is 0.444 e. The number of imidazole rings is 2. The van der Waals surface area contributed by atoms with Crippen LogP contribution in [0.15, 0.2) is 105 Å². The zero-order valence-electron chi connectivity index (χ0n) is 42.7. The van der Waals surface area contributed by atoms with E-state index in [9.17, 15) is 4.79 Å². The van der Waals surface area contributed by atoms with E-state index >= 15 is 0 Å². The molecule has 2 saturated heterocycles. The van der Waals surface area contributed by atoms with Crippen LogP contribution >= 0.6 is 52.7 Å². The molecule has 2 aromatic carbocycles. The lowest BCUT2D eigenvalue weighted by Crippen LogP contribution is -2.54. The Labute approximate surface area is 452 Å². The number of rotatable bonds is 10. The smallest absolute Gasteiger partial charge is 0.408 e. The first kappa shape index (κ1) is 55.6. The summed E-state index contributed by atoms with van der Waals surface area (Å²) >= 11 is 9.24. The number of piperidine rings is 2. The number of H-pyrrole nitrogens is 1. The minimum atomic E-state index is -1.17. The van der Waals surface area contributed by atoms with E-state index in [1.807, 2.05) is 74.0 Å². The zero-order chi connectivity index (χ0) is 51.3. The second-order valence-corrected chi connectivity index (χ2v) is 29.0. The molecule has 0 spiro atoms. The van der Waals surface area contributed by atoms with Gasteiger partial charge in [-0.05, 0) is 107 Å². The van der Waals surface area contributed by atoms with Gasteiger partial charge in [-0.15, -0.1) is 25.0 Å². The van der Waals surface area contributed by atoms with E-state index in [1.54, 1.807) is 30.4 Å². The highest BCUT2D eigenvalue weighted by atomic mass is 79.9. The number of carbonyl (C=O) groups is 1. The second kappa shape index (κ2) is 23.6. The zero-order valence-corrected chi connectivity index (χ0v) is 47.8. The van der Waals surface area contributed by atoms with Crippen LogP contribution in [0.2, 0.25) is 25.7 Å². The molecule has 2 aliphatic rings. The summed E-state index contributed by atoms with van der Waals surface area (Å²) < 4.78 is 14.1. The fourth-order valence-corrected chi connectivity index (χ4v) is 10.4. The van der Waals surface area contributed by atoms with Crippen molar-refractivity contribution < 1.29 is 14.3 Å². The van der Waals surface area contributed by atoms with E-state index in [2.05, 4.69) is 130 Å². The number of aromatic amines is 1. The molecule has 0 saturated carbocycles. The summed E-state index contributed by atoms with van der Waals surface area (Å²) in [6.45, 7) is 21.2. The number of alkyl carbamates (subject to hydrolysis) is 1. The van der Waals surface area contributed by atoms with Gasteiger partial charge in [-0.2, -0.15) is 9.97 Å². The van der Waals surface area contributed by atoms with Gasteiger partial charge in [0.05, 0.1) is 23.4 Å². The summed E-state index contributed by atoms with van der Waals surface area (Å²) in [5, 5.41) is 6.13. The average molecular weight is 1130 g/mol. The van der Waals surface area contributed by atoms with Gasteiger partial charge >= 0.3 is 6.09 Å². The van der Waals surface area contributed by atoms with Crippen LogP contribution < -0.4 is 20.9 Å². The monoisotopic (exact) mass is 1130 g/mol. The highest BCUT2D eigenvalue weighted by molar-refractivity contribution is 9.10. The average Bonchev–Trinajstić information content (AvgIpc) is 3.91. The van der Waals surface area contributed by atoms with E-state index in [0.717, 1.165) is 113 Å². The molecule has 73 heavy (non-hydrogen) atoms. The van der Waals surface area contributed by atoms with Gasteiger partial charge < -0.3 is 35.3 Å². The Morgan fingerprint density at radius 1 is 0.836 bits per heavy atom. The minimum absolute atomic E-state index is 0. The molecule has 2 aliphatic heterocycles. The molecule has 1 amide bonds. The number of nitrogens with two attached hydrogens (primary N) is 1. The van der Waals surface area contributed by atoms with Crippen molar-refractivity contribution in [2.75, 3.05) is 42.6 Å². The van der Waals surface area contributed by atoms with E-state index in [-0.39, 0.29) is 29.6 Å². The predicted molar refractivity (Wildman–Crippen MR) is 304 cm³/mol. The van der Waals surface area contributed by atoms with Crippen molar-refractivity contribution in [2.45, 2.75) is 124 Å². The normalized spacial score (nSPS) is 15.5. The van der Waals surface area contributed by atoms with Crippen molar-refractivity contribution in [3.8, 4) is 0 Å². The first-order valence-corrected chi connectivity index (χ1v) is 30.0. The van der Waals surface area contributed by atoms with E-state index < -0.39 is 13.7 Å². The highest BCUT2D eigenvalue weighted by Gasteiger charge is 2.35. The third-order valence-electron chi connectivity index (χ3n) is 12.4. The van der Waals surface area contributed by atoms with Crippen molar-refractivity contribution in [1.29, 1.82) is 0 Å². The maximum Gasteiger partial charge on any atom is 0.408 e. The molecule has 0 unspecified atom stereocenters. The van der Waals surface area contributed by atoms with Gasteiger partial charge in [0, 0.05) is 84.9 Å². The number of nitrogens with one attached hydrogen (secondary N) is 2. The van der Waals surface area contributed by atoms with Crippen LogP contribution in [0.1, 0.15) is 60.3 Å². The Morgan fingerprint density at radius 2 is 1.48 bits per heavy atom. The number of hydrogen-bond acceptors (Lipinski definition) is 16. The van der Waals surface area contributed by atoms with Gasteiger partial charge in [-0.25, -0.2) is 24.7 Å². The SMILES string of the molecule is CC1(N)CCN(c2nc3ncc(Sc4cccc5cccnc45)nc3[nH]2)CC1.CC1(NC(=O)OC(C)(C)C)CCN(c2nc3nc(Br)cnc3n2COCC[Si](C)(C)C)CC1.Cl.Sc1cccc2cccnc12. The molecule has 0 bridgehead atoms. The minimum Gasteiger partial charge on any atom is -0.444 e. The van der Waals surface area contributed by atoms with Crippen LogP contribution in [0.5, 0.6) is 0 Å². The summed E-state index contributed by atoms with van der Waals surface area (Å²) in [4.78, 5) is 58.5. The Hall–Kier alpha value is -5.16. The fourth-order valence-electron chi connectivity index (χ4n) is 8.19. The standard InChI is InChI=1S/C22H37BrN6O3Si.C20H21N7S.C9H7NS.ClH/c1-21(2,3)32-20(30)27-22(4)8-10-28(11-9-22)19-26-17-18(24-14-16(23)25-17)29(19)15-31-12-13-33(5,6)7;1-20(21)7-10-27(11-8-20)19-25-17-18(26-19)24-15(12-23-17)28-14-6-2-4-13-5-3-9-22-16(13)14;11-8-5-1-3-7-4-2-6-10-9(7)8;/h14H,8-13,15H2,1-7H3,(H,27,30);2-6,9,12H,7-8,10-11,21H2,1H3,(H,23,24,25,26);1-6,11H;1H. The maximum absolute atomic E-state index is 12.3. The topological polar surface area (TPSA) is 204 Å². The van der Waals surface area contributed by atoms with Gasteiger partial charge in [-0.3, -0.25) is 14.5 Å². The number of thiol groups is 1. The van der Waals surface area contributed by atoms with Gasteiger partial charge in [0.25, 0.3) is 0 Å². The lowest BCUT2D eigenvalue weighted by Gasteiger charge is -2.40. The number of nitrogens with zero attached hydrogens (tertiary/aromatic N) is 11. The molecule has 388 valence electrons. The summed E-state index contributed by atoms with van der Waals surface area (Å²) in [6, 6.07) is 21.2. The highest BCUT2D eigenvalue weighted by Crippen LogP contribution is 2.33. The van der Waals surface area contributed by atoms with Crippen molar-refractivity contribution in [3.05, 3.63) is 90.1 Å². The molecule has 0 aliphatic carbocycles. The number of benzene rings is 2. The Kier molecular flexibility index (Phi) is 18.0. The summed E-state index contributed by atoms with van der Waals surface area (Å²) in [5.41, 5.74) is 9.88. The number of pyridine rings is 2. The summed E-state index contributed by atoms with van der Waals surface area (Å²) in [7, 11) is -1.17. The van der Waals surface area contributed by atoms with Crippen LogP contribution in [0.4, 0.5) is 16.7 Å². The number of anilines is 2. The molecule has 22 heteroatoms. The molecular formula is C51H66BrClN14O3S2Si. The van der Waals surface area contributed by atoms with Crippen molar-refractivity contribution in [2.24, 2.45) is 5.73 Å². The lowest BCUT2D eigenvalue weighted by molar-refractivity contribution is 0.0447. The third kappa shape index (κ3) is 15.0. The van der Waals surface area contributed by atoms with Crippen LogP contribution in [0.25, 0.3) is 44.4 Å². The molecule has 2 fully saturated rings. The van der Waals surface area contributed by atoms with Crippen LogP contribution in [0, 0.1) is 0 Å². The lowest BCUT2D eigenvalue weighted by atomic mass is 9.90. The summed E-state index contributed by atoms with van der Waals surface area (Å²) in [6.07, 6.45) is 10.1. The number of carbonyl (C=O) groups excluding carboxylic acids is 1. The number of halogens is 2. The molecular weight excluding hydrogens is 1060 g/mol. The van der Waals surface area contributed by atoms with Crippen molar-refractivity contribution >= 4 is 123 Å². The Balaban J connectivity index is 0.000000176. The predicted octanol–water partition coefficient (Wildman–Crippen LogP) is 11.1. The van der Waals surface area contributed by atoms with Gasteiger partial charge in [0.1, 0.15) is 22.0 Å². The first-order chi connectivity index (χ1) is 34.2. The molecule has 0 radical (unpaired) electrons. The van der Waals surface area contributed by atoms with E-state index in [0.29, 0.717) is 33.9 Å². The molecule has 17 nitrogen and oxygen atoms in total. The number of amides is 1. The first-order valence-electron chi connectivity index (χ1n) is 24.2. The van der Waals surface area contributed by atoms with Crippen LogP contribution in [-0.2, 0) is 16.2 Å². The van der Waals surface area contributed by atoms with Crippen molar-refractivity contribution in [1.82, 2.24) is 54.7 Å². The quantitative estimate of drug-likeness (QED) is 0.0571. The number of ether oxygens (including phenoxy) is 2. The number of para-hydroxylation sites is 2. The number of aromatic nitrogens is 10. The van der Waals surface area contributed by atoms with E-state index in [4.69, 9.17) is 25.2 Å². The van der Waals surface area contributed by atoms with Gasteiger partial charge in [0.2, 0.25) is 17.5 Å². The van der Waals surface area contributed by atoms with Gasteiger partial charge in [0.15, 0.2) is 16.9 Å². The molecule has 4 N–H and O–H groups in total. The van der Waals surface area contributed by atoms with Crippen LogP contribution in [0.3, 0.4) is 0 Å². The summed E-state index contributed by atoms with van der Waals surface area (Å²) in [5.74, 6) is 1.62. The number of hydrogen-bond donors (Lipinski definition) is 4. The van der Waals surface area contributed by atoms with Gasteiger partial charge in [-0.1, -0.05) is 67.8 Å². The fraction of sp³-hybridized carbons (Fsp3) is 0.431. The Bertz CT molecular complexity index is 3140. The molecule has 10 rings (SSSR count). The third-order valence-corrected chi connectivity index (χ3v) is 15.8. The molecule has 0 atom stereocenters. The van der Waals surface area contributed by atoms with Crippen molar-refractivity contribution in [3.63, 3.8) is 0 Å². The van der Waals surface area contributed by atoms with E-state index in [1.165, 1.54) is 0 Å². The van der Waals surface area contributed by atoms with Crippen LogP contribution in [-0.4, -0.2) is 113 Å². The molecule has 6 aromatic heterocycles. The number of fused-ring (bicyclic) bond motifs is 4. The maximum atomic E-state index is 12.3. The second-order valence-electron chi connectivity index (χ2n) is 21.1. The Morgan fingerprint density at radius 3 is 2.15 bits per heavy atom.